The first-order chi connectivity index (χ1) is 8.77. The lowest BCUT2D eigenvalue weighted by molar-refractivity contribution is 1.06. The first-order valence-electron chi connectivity index (χ1n) is 6.43. The molecule has 0 aliphatic heterocycles. The van der Waals surface area contributed by atoms with Crippen molar-refractivity contribution in [1.82, 2.24) is 9.97 Å². The lowest BCUT2D eigenvalue weighted by Crippen LogP contribution is -1.79. The van der Waals surface area contributed by atoms with Crippen molar-refractivity contribution < 1.29 is 0 Å². The summed E-state index contributed by atoms with van der Waals surface area (Å²) in [7, 11) is 0. The van der Waals surface area contributed by atoms with Gasteiger partial charge < -0.3 is 4.98 Å². The Hall–Kier alpha value is -1.22. The molecule has 18 heavy (non-hydrogen) atoms. The molecular weight excluding hydrogens is 240 g/mol. The fourth-order valence-corrected chi connectivity index (χ4v) is 2.30. The minimum absolute atomic E-state index is 1.04. The molecule has 3 heteroatoms. The third kappa shape index (κ3) is 5.41. The number of aromatic amines is 1. The Balaban J connectivity index is 0.000000199. The molecule has 0 bridgehead atoms. The molecule has 0 amide bonds. The highest BCUT2D eigenvalue weighted by Crippen LogP contribution is 2.21. The monoisotopic (exact) mass is 262 g/mol. The van der Waals surface area contributed by atoms with Crippen molar-refractivity contribution in [1.29, 1.82) is 0 Å². The molecule has 0 saturated carbocycles. The van der Waals surface area contributed by atoms with Gasteiger partial charge in [0.1, 0.15) is 0 Å². The highest BCUT2D eigenvalue weighted by molar-refractivity contribution is 7.99. The van der Waals surface area contributed by atoms with E-state index in [0.29, 0.717) is 0 Å². The molecule has 2 aromatic rings. The summed E-state index contributed by atoms with van der Waals surface area (Å²) < 4.78 is 0. The number of nitrogens with zero attached hydrogens (tertiary/aromatic N) is 1. The van der Waals surface area contributed by atoms with E-state index in [1.165, 1.54) is 28.3 Å². The van der Waals surface area contributed by atoms with Crippen molar-refractivity contribution >= 4 is 11.8 Å². The first-order valence-corrected chi connectivity index (χ1v) is 7.42. The van der Waals surface area contributed by atoms with Gasteiger partial charge in [0.25, 0.3) is 0 Å². The molecule has 1 aromatic heterocycles. The summed E-state index contributed by atoms with van der Waals surface area (Å²) in [5.41, 5.74) is 2.59. The van der Waals surface area contributed by atoms with Crippen molar-refractivity contribution in [3.8, 4) is 0 Å². The Morgan fingerprint density at radius 2 is 2.00 bits per heavy atom. The van der Waals surface area contributed by atoms with Gasteiger partial charge in [0, 0.05) is 16.8 Å². The van der Waals surface area contributed by atoms with E-state index in [0.717, 1.165) is 6.42 Å². The molecule has 0 saturated heterocycles. The molecule has 0 radical (unpaired) electrons. The van der Waals surface area contributed by atoms with E-state index in [4.69, 9.17) is 0 Å². The van der Waals surface area contributed by atoms with Crippen molar-refractivity contribution in [2.75, 3.05) is 5.75 Å². The Morgan fingerprint density at radius 1 is 1.22 bits per heavy atom. The number of rotatable bonds is 4. The maximum absolute atomic E-state index is 3.84. The van der Waals surface area contributed by atoms with Crippen LogP contribution in [0.25, 0.3) is 0 Å². The molecule has 98 valence electrons. The molecule has 1 heterocycles. The molecule has 2 rings (SSSR count). The van der Waals surface area contributed by atoms with E-state index in [9.17, 15) is 0 Å². The smallest absolute Gasteiger partial charge is 0.0921 e. The van der Waals surface area contributed by atoms with Crippen LogP contribution in [0.3, 0.4) is 0 Å². The lowest BCUT2D eigenvalue weighted by atomic mass is 10.2. The number of nitrogens with one attached hydrogen (secondary N) is 1. The second-order valence-corrected chi connectivity index (χ2v) is 5.18. The third-order valence-electron chi connectivity index (χ3n) is 2.49. The minimum atomic E-state index is 1.04. The van der Waals surface area contributed by atoms with Gasteiger partial charge in [-0.25, -0.2) is 4.98 Å². The summed E-state index contributed by atoms with van der Waals surface area (Å²) in [5, 5.41) is 0. The highest BCUT2D eigenvalue weighted by atomic mass is 32.2. The standard InChI is InChI=1S/C10H14S.C5H8N2/c1-3-8-11-10-7-5-4-6-9(10)2;1-2-5-3-6-4-7-5/h4-7H,3,8H2,1-2H3;3-4H,2H2,1H3,(H,6,7). The largest absolute Gasteiger partial charge is 0.349 e. The average molecular weight is 262 g/mol. The van der Waals surface area contributed by atoms with Gasteiger partial charge in [-0.15, -0.1) is 11.8 Å². The third-order valence-corrected chi connectivity index (χ3v) is 3.87. The summed E-state index contributed by atoms with van der Waals surface area (Å²) >= 11 is 1.95. The second-order valence-electron chi connectivity index (χ2n) is 4.04. The molecule has 1 aromatic carbocycles. The lowest BCUT2D eigenvalue weighted by Gasteiger charge is -2.02. The van der Waals surface area contributed by atoms with Crippen LogP contribution in [0.2, 0.25) is 0 Å². The Bertz CT molecular complexity index is 424. The van der Waals surface area contributed by atoms with Crippen molar-refractivity contribution in [3.63, 3.8) is 0 Å². The van der Waals surface area contributed by atoms with Crippen LogP contribution in [0, 0.1) is 6.92 Å². The van der Waals surface area contributed by atoms with Gasteiger partial charge in [0.2, 0.25) is 0 Å². The van der Waals surface area contributed by atoms with Crippen LogP contribution in [0.5, 0.6) is 0 Å². The van der Waals surface area contributed by atoms with Gasteiger partial charge in [-0.3, -0.25) is 0 Å². The van der Waals surface area contributed by atoms with Gasteiger partial charge in [-0.2, -0.15) is 0 Å². The number of imidazole rings is 1. The van der Waals surface area contributed by atoms with E-state index < -0.39 is 0 Å². The maximum Gasteiger partial charge on any atom is 0.0921 e. The fraction of sp³-hybridized carbons (Fsp3) is 0.400. The van der Waals surface area contributed by atoms with Crippen molar-refractivity contribution in [2.45, 2.75) is 38.5 Å². The molecule has 0 aliphatic carbocycles. The van der Waals surface area contributed by atoms with Gasteiger partial charge >= 0.3 is 0 Å². The zero-order valence-corrected chi connectivity index (χ0v) is 12.3. The Kier molecular flexibility index (Phi) is 7.26. The van der Waals surface area contributed by atoms with E-state index >= 15 is 0 Å². The number of H-pyrrole nitrogens is 1. The normalized spacial score (nSPS) is 9.72. The zero-order valence-electron chi connectivity index (χ0n) is 11.4. The molecule has 1 N–H and O–H groups in total. The van der Waals surface area contributed by atoms with E-state index in [1.807, 2.05) is 18.0 Å². The first kappa shape index (κ1) is 14.8. The predicted octanol–water partition coefficient (Wildman–Crippen LogP) is 4.47. The van der Waals surface area contributed by atoms with Gasteiger partial charge in [0.05, 0.1) is 6.33 Å². The molecule has 0 atom stereocenters. The summed E-state index contributed by atoms with van der Waals surface area (Å²) in [6.45, 7) is 6.47. The number of thioether (sulfide) groups is 1. The molecule has 0 spiro atoms. The maximum atomic E-state index is 3.84. The summed E-state index contributed by atoms with van der Waals surface area (Å²) in [5.74, 6) is 1.23. The summed E-state index contributed by atoms with van der Waals surface area (Å²) in [6.07, 6.45) is 5.82. The van der Waals surface area contributed by atoms with Gasteiger partial charge in [0.15, 0.2) is 0 Å². The molecular formula is C15H22N2S. The van der Waals surface area contributed by atoms with Crippen LogP contribution in [0.15, 0.2) is 41.7 Å². The Morgan fingerprint density at radius 3 is 2.50 bits per heavy atom. The Labute approximate surface area is 114 Å². The minimum Gasteiger partial charge on any atom is -0.349 e. The van der Waals surface area contributed by atoms with Crippen molar-refractivity contribution in [2.24, 2.45) is 0 Å². The van der Waals surface area contributed by atoms with Crippen LogP contribution in [-0.2, 0) is 6.42 Å². The van der Waals surface area contributed by atoms with Crippen LogP contribution in [0.1, 0.15) is 31.5 Å². The van der Waals surface area contributed by atoms with Crippen LogP contribution < -0.4 is 0 Å². The van der Waals surface area contributed by atoms with Crippen molar-refractivity contribution in [3.05, 3.63) is 48.0 Å². The number of aromatic nitrogens is 2. The van der Waals surface area contributed by atoms with Gasteiger partial charge in [-0.05, 0) is 37.1 Å². The number of hydrogen-bond donors (Lipinski definition) is 1. The fourth-order valence-electron chi connectivity index (χ4n) is 1.41. The summed E-state index contributed by atoms with van der Waals surface area (Å²) in [4.78, 5) is 8.24. The average Bonchev–Trinajstić information content (AvgIpc) is 2.92. The van der Waals surface area contributed by atoms with E-state index in [2.05, 4.69) is 55.0 Å². The van der Waals surface area contributed by atoms with Gasteiger partial charge in [-0.1, -0.05) is 32.0 Å². The molecule has 2 nitrogen and oxygen atoms in total. The van der Waals surface area contributed by atoms with Crippen LogP contribution in [-0.4, -0.2) is 15.7 Å². The molecule has 0 fully saturated rings. The quantitative estimate of drug-likeness (QED) is 0.824. The topological polar surface area (TPSA) is 28.7 Å². The highest BCUT2D eigenvalue weighted by Gasteiger charge is 1.94. The molecule has 0 unspecified atom stereocenters. The molecule has 0 aliphatic rings. The number of aryl methyl sites for hydroxylation is 2. The van der Waals surface area contributed by atoms with Crippen LogP contribution >= 0.6 is 11.8 Å². The SMILES string of the molecule is CCCSc1ccccc1C.CCc1cnc[nH]1. The second kappa shape index (κ2) is 8.81. The number of hydrogen-bond acceptors (Lipinski definition) is 2. The summed E-state index contributed by atoms with van der Waals surface area (Å²) in [6, 6.07) is 8.55. The zero-order chi connectivity index (χ0) is 13.2. The van der Waals surface area contributed by atoms with E-state index in [-0.39, 0.29) is 0 Å². The number of benzene rings is 1. The van der Waals surface area contributed by atoms with E-state index in [1.54, 1.807) is 6.33 Å². The van der Waals surface area contributed by atoms with Crippen LogP contribution in [0.4, 0.5) is 0 Å². The predicted molar refractivity (Wildman–Crippen MR) is 80.2 cm³/mol.